The monoisotopic (exact) mass is 209 g/mol. The quantitative estimate of drug-likeness (QED) is 0.703. The Kier molecular flexibility index (Phi) is 3.49. The highest BCUT2D eigenvalue weighted by molar-refractivity contribution is 6.30. The lowest BCUT2D eigenvalue weighted by Crippen LogP contribution is -2.06. The van der Waals surface area contributed by atoms with E-state index in [2.05, 4.69) is 0 Å². The van der Waals surface area contributed by atoms with Gasteiger partial charge in [-0.1, -0.05) is 23.7 Å². The molecule has 0 unspecified atom stereocenters. The van der Waals surface area contributed by atoms with Crippen LogP contribution in [0.2, 0.25) is 5.02 Å². The van der Waals surface area contributed by atoms with E-state index in [9.17, 15) is 4.79 Å². The first kappa shape index (κ1) is 10.6. The van der Waals surface area contributed by atoms with Crippen molar-refractivity contribution in [2.24, 2.45) is 0 Å². The van der Waals surface area contributed by atoms with E-state index in [1.165, 1.54) is 6.92 Å². The predicted molar refractivity (Wildman–Crippen MR) is 51.6 cm³/mol. The van der Waals surface area contributed by atoms with Gasteiger partial charge < -0.3 is 4.74 Å². The molecule has 1 aromatic rings. The Labute approximate surface area is 86.9 Å². The van der Waals surface area contributed by atoms with Gasteiger partial charge in [-0.25, -0.2) is 0 Å². The minimum atomic E-state index is -0.883. The van der Waals surface area contributed by atoms with Gasteiger partial charge in [-0.05, 0) is 12.1 Å². The predicted octanol–water partition coefficient (Wildman–Crippen LogP) is 2.47. The molecule has 0 spiro atoms. The van der Waals surface area contributed by atoms with Gasteiger partial charge in [0.2, 0.25) is 6.10 Å². The van der Waals surface area contributed by atoms with E-state index >= 15 is 0 Å². The van der Waals surface area contributed by atoms with Crippen LogP contribution in [0.1, 0.15) is 18.6 Å². The van der Waals surface area contributed by atoms with Crippen molar-refractivity contribution in [2.45, 2.75) is 13.0 Å². The van der Waals surface area contributed by atoms with Gasteiger partial charge in [0.25, 0.3) is 0 Å². The molecule has 0 radical (unpaired) electrons. The highest BCUT2D eigenvalue weighted by Gasteiger charge is 2.13. The second-order valence-corrected chi connectivity index (χ2v) is 3.11. The Morgan fingerprint density at radius 2 is 2.36 bits per heavy atom. The van der Waals surface area contributed by atoms with Crippen LogP contribution in [0.5, 0.6) is 0 Å². The van der Waals surface area contributed by atoms with E-state index in [1.54, 1.807) is 24.3 Å². The van der Waals surface area contributed by atoms with E-state index in [4.69, 9.17) is 21.6 Å². The fraction of sp³-hybridized carbons (Fsp3) is 0.200. The highest BCUT2D eigenvalue weighted by atomic mass is 35.5. The molecule has 1 aromatic carbocycles. The Morgan fingerprint density at radius 1 is 1.64 bits per heavy atom. The summed E-state index contributed by atoms with van der Waals surface area (Å²) < 4.78 is 4.78. The van der Waals surface area contributed by atoms with Crippen LogP contribution < -0.4 is 0 Å². The molecule has 1 atom stereocenters. The van der Waals surface area contributed by atoms with Crippen LogP contribution in [-0.4, -0.2) is 5.97 Å². The molecule has 0 amide bonds. The van der Waals surface area contributed by atoms with Gasteiger partial charge in [0.15, 0.2) is 0 Å². The van der Waals surface area contributed by atoms with Crippen molar-refractivity contribution >= 4 is 17.6 Å². The average Bonchev–Trinajstić information content (AvgIpc) is 2.14. The molecule has 3 nitrogen and oxygen atoms in total. The third kappa shape index (κ3) is 2.75. The molecule has 72 valence electrons. The first-order valence-corrected chi connectivity index (χ1v) is 4.33. The minimum Gasteiger partial charge on any atom is -0.442 e. The number of nitriles is 1. The Hall–Kier alpha value is -1.53. The number of hydrogen-bond donors (Lipinski definition) is 0. The Bertz CT molecular complexity index is 384. The lowest BCUT2D eigenvalue weighted by molar-refractivity contribution is -0.144. The van der Waals surface area contributed by atoms with Crippen LogP contribution in [0, 0.1) is 11.3 Å². The van der Waals surface area contributed by atoms with E-state index in [0.29, 0.717) is 10.6 Å². The number of benzene rings is 1. The molecule has 1 rings (SSSR count). The molecule has 0 N–H and O–H groups in total. The van der Waals surface area contributed by atoms with Crippen molar-refractivity contribution < 1.29 is 9.53 Å². The van der Waals surface area contributed by atoms with Crippen LogP contribution >= 0.6 is 11.6 Å². The van der Waals surface area contributed by atoms with Crippen LogP contribution in [-0.2, 0) is 9.53 Å². The molecule has 0 heterocycles. The maximum absolute atomic E-state index is 10.7. The molecule has 14 heavy (non-hydrogen) atoms. The summed E-state index contributed by atoms with van der Waals surface area (Å²) in [5.41, 5.74) is 0.579. The first-order valence-electron chi connectivity index (χ1n) is 3.96. The fourth-order valence-corrected chi connectivity index (χ4v) is 1.20. The maximum Gasteiger partial charge on any atom is 0.304 e. The minimum absolute atomic E-state index is 0.489. The zero-order valence-corrected chi connectivity index (χ0v) is 8.28. The zero-order chi connectivity index (χ0) is 10.6. The lowest BCUT2D eigenvalue weighted by Gasteiger charge is -2.09. The van der Waals surface area contributed by atoms with Crippen LogP contribution in [0.4, 0.5) is 0 Å². The van der Waals surface area contributed by atoms with E-state index in [0.717, 1.165) is 0 Å². The van der Waals surface area contributed by atoms with Crippen LogP contribution in [0.3, 0.4) is 0 Å². The molecule has 0 saturated heterocycles. The van der Waals surface area contributed by atoms with Gasteiger partial charge in [0.05, 0.1) is 0 Å². The van der Waals surface area contributed by atoms with Crippen molar-refractivity contribution in [3.8, 4) is 6.07 Å². The number of carbonyl (C=O) groups excluding carboxylic acids is 1. The van der Waals surface area contributed by atoms with Gasteiger partial charge in [-0.3, -0.25) is 4.79 Å². The number of ether oxygens (including phenoxy) is 1. The van der Waals surface area contributed by atoms with Gasteiger partial charge in [0.1, 0.15) is 6.07 Å². The smallest absolute Gasteiger partial charge is 0.304 e. The number of esters is 1. The van der Waals surface area contributed by atoms with Gasteiger partial charge in [-0.15, -0.1) is 0 Å². The molecular formula is C10H8ClNO2. The topological polar surface area (TPSA) is 50.1 Å². The molecule has 0 fully saturated rings. The summed E-state index contributed by atoms with van der Waals surface area (Å²) in [4.78, 5) is 10.7. The van der Waals surface area contributed by atoms with Gasteiger partial charge in [0, 0.05) is 17.5 Å². The van der Waals surface area contributed by atoms with Gasteiger partial charge in [-0.2, -0.15) is 5.26 Å². The average molecular weight is 210 g/mol. The number of rotatable bonds is 2. The SMILES string of the molecule is CC(=O)O[C@H](C#N)c1cccc(Cl)c1. The van der Waals surface area contributed by atoms with Crippen molar-refractivity contribution in [3.05, 3.63) is 34.9 Å². The van der Waals surface area contributed by atoms with Crippen LogP contribution in [0.25, 0.3) is 0 Å². The lowest BCUT2D eigenvalue weighted by atomic mass is 10.1. The maximum atomic E-state index is 10.7. The van der Waals surface area contributed by atoms with Crippen molar-refractivity contribution in [3.63, 3.8) is 0 Å². The number of hydrogen-bond acceptors (Lipinski definition) is 3. The Morgan fingerprint density at radius 3 is 2.86 bits per heavy atom. The second-order valence-electron chi connectivity index (χ2n) is 2.67. The Balaban J connectivity index is 2.90. The normalized spacial score (nSPS) is 11.5. The summed E-state index contributed by atoms with van der Waals surface area (Å²) in [5, 5.41) is 9.26. The van der Waals surface area contributed by atoms with E-state index in [-0.39, 0.29) is 0 Å². The molecule has 0 aromatic heterocycles. The highest BCUT2D eigenvalue weighted by Crippen LogP contribution is 2.20. The van der Waals surface area contributed by atoms with Crippen molar-refractivity contribution in [1.29, 1.82) is 5.26 Å². The summed E-state index contributed by atoms with van der Waals surface area (Å²) in [7, 11) is 0. The van der Waals surface area contributed by atoms with Crippen molar-refractivity contribution in [1.82, 2.24) is 0 Å². The first-order chi connectivity index (χ1) is 6.63. The summed E-state index contributed by atoms with van der Waals surface area (Å²) in [5.74, 6) is -0.489. The van der Waals surface area contributed by atoms with E-state index in [1.807, 2.05) is 6.07 Å². The molecule has 0 saturated carbocycles. The van der Waals surface area contributed by atoms with Gasteiger partial charge >= 0.3 is 5.97 Å². The third-order valence-electron chi connectivity index (χ3n) is 1.55. The van der Waals surface area contributed by atoms with Crippen LogP contribution in [0.15, 0.2) is 24.3 Å². The standard InChI is InChI=1S/C10H8ClNO2/c1-7(13)14-10(6-12)8-3-2-4-9(11)5-8/h2-5,10H,1H3/t10-/m1/s1. The number of halogens is 1. The zero-order valence-electron chi connectivity index (χ0n) is 7.53. The molecule has 4 heteroatoms. The summed E-state index contributed by atoms with van der Waals surface area (Å²) in [6.45, 7) is 1.26. The molecule has 0 aliphatic heterocycles. The molecule has 0 aliphatic rings. The number of carbonyl (C=O) groups is 1. The van der Waals surface area contributed by atoms with Crippen molar-refractivity contribution in [2.75, 3.05) is 0 Å². The fourth-order valence-electron chi connectivity index (χ4n) is 1.00. The summed E-state index contributed by atoms with van der Waals surface area (Å²) in [6, 6.07) is 8.54. The molecule has 0 aliphatic carbocycles. The third-order valence-corrected chi connectivity index (χ3v) is 1.79. The molecule has 0 bridgehead atoms. The van der Waals surface area contributed by atoms with E-state index < -0.39 is 12.1 Å². The number of nitrogens with zero attached hydrogens (tertiary/aromatic N) is 1. The molecular weight excluding hydrogens is 202 g/mol. The summed E-state index contributed by atoms with van der Waals surface area (Å²) >= 11 is 5.73. The summed E-state index contributed by atoms with van der Waals surface area (Å²) in [6.07, 6.45) is -0.883. The second kappa shape index (κ2) is 4.64. The largest absolute Gasteiger partial charge is 0.442 e.